The van der Waals surface area contributed by atoms with Crippen LogP contribution in [-0.4, -0.2) is 67.4 Å². The third-order valence-corrected chi connectivity index (χ3v) is 2.12. The third kappa shape index (κ3) is 11.8. The number of quaternary nitrogens is 1. The predicted octanol–water partition coefficient (Wildman–Crippen LogP) is 0.602. The van der Waals surface area contributed by atoms with Crippen molar-refractivity contribution in [2.45, 2.75) is 0 Å². The fourth-order valence-electron chi connectivity index (χ4n) is 1.14. The van der Waals surface area contributed by atoms with E-state index in [0.29, 0.717) is 6.61 Å². The summed E-state index contributed by atoms with van der Waals surface area (Å²) in [6.45, 7) is 1.08. The number of nitrogens with zero attached hydrogens (tertiary/aromatic N) is 1. The van der Waals surface area contributed by atoms with Crippen LogP contribution < -0.4 is 0 Å². The summed E-state index contributed by atoms with van der Waals surface area (Å²) in [5.74, 6) is -0.524. The van der Waals surface area contributed by atoms with Crippen molar-refractivity contribution >= 4 is 16.4 Å². The van der Waals surface area contributed by atoms with E-state index in [2.05, 4.69) is 0 Å². The minimum Gasteiger partial charge on any atom is -0.507 e. The van der Waals surface area contributed by atoms with Gasteiger partial charge in [0.15, 0.2) is 0 Å². The van der Waals surface area contributed by atoms with Gasteiger partial charge in [0.1, 0.15) is 24.5 Å². The van der Waals surface area contributed by atoms with Crippen LogP contribution >= 0.6 is 0 Å². The second-order valence-corrected chi connectivity index (χ2v) is 6.01. The molecule has 0 aromatic heterocycles. The molecule has 0 aliphatic rings. The molecule has 0 spiro atoms. The van der Waals surface area contributed by atoms with Crippen molar-refractivity contribution in [3.8, 4) is 5.75 Å². The Bertz CT molecular complexity index is 555. The molecule has 0 atom stereocenters. The zero-order valence-corrected chi connectivity index (χ0v) is 12.9. The van der Waals surface area contributed by atoms with Crippen LogP contribution in [-0.2, 0) is 15.1 Å². The average Bonchev–Trinajstić information content (AvgIpc) is 2.25. The van der Waals surface area contributed by atoms with Crippen LogP contribution in [0.15, 0.2) is 24.3 Å². The Kier molecular flexibility index (Phi) is 7.30. The van der Waals surface area contributed by atoms with Gasteiger partial charge in [-0.2, -0.15) is 8.42 Å². The normalized spacial score (nSPS) is 11.3. The number of aromatic hydroxyl groups is 1. The highest BCUT2D eigenvalue weighted by Crippen LogP contribution is 2.16. The number of carbonyl (C=O) groups excluding carboxylic acids is 1. The summed E-state index contributed by atoms with van der Waals surface area (Å²) < 4.78 is 37.4. The highest BCUT2D eigenvalue weighted by molar-refractivity contribution is 7.79. The van der Waals surface area contributed by atoms with Crippen LogP contribution in [0, 0.1) is 0 Å². The van der Waals surface area contributed by atoms with E-state index < -0.39 is 16.4 Å². The number of likely N-dealkylation sites (N-methyl/N-ethyl adjacent to an activating group) is 1. The molecular formula is C12H20NO7S+. The fourth-order valence-corrected chi connectivity index (χ4v) is 1.14. The largest absolute Gasteiger partial charge is 0.507 e. The molecule has 0 amide bonds. The van der Waals surface area contributed by atoms with Crippen molar-refractivity contribution < 1.29 is 36.6 Å². The van der Waals surface area contributed by atoms with Crippen molar-refractivity contribution in [1.29, 1.82) is 0 Å². The molecule has 1 aromatic rings. The second-order valence-electron chi connectivity index (χ2n) is 5.11. The van der Waals surface area contributed by atoms with Gasteiger partial charge in [-0.15, -0.1) is 0 Å². The molecule has 120 valence electrons. The van der Waals surface area contributed by atoms with E-state index in [9.17, 15) is 9.90 Å². The SMILES string of the molecule is C[N+](C)(C)CCOC(=O)c1ccccc1O.O=S(=O)(O)O. The summed E-state index contributed by atoms with van der Waals surface area (Å²) >= 11 is 0. The van der Waals surface area contributed by atoms with Gasteiger partial charge in [-0.1, -0.05) is 12.1 Å². The van der Waals surface area contributed by atoms with Crippen LogP contribution in [0.3, 0.4) is 0 Å². The molecule has 0 saturated heterocycles. The molecule has 0 radical (unpaired) electrons. The maximum Gasteiger partial charge on any atom is 0.394 e. The number of rotatable bonds is 4. The van der Waals surface area contributed by atoms with Crippen molar-refractivity contribution in [1.82, 2.24) is 0 Å². The Morgan fingerprint density at radius 2 is 1.67 bits per heavy atom. The predicted molar refractivity (Wildman–Crippen MR) is 75.5 cm³/mol. The third-order valence-electron chi connectivity index (χ3n) is 2.12. The van der Waals surface area contributed by atoms with Gasteiger partial charge in [0.25, 0.3) is 0 Å². The van der Waals surface area contributed by atoms with Crippen LogP contribution in [0.1, 0.15) is 10.4 Å². The summed E-state index contributed by atoms with van der Waals surface area (Å²) in [5, 5.41) is 9.44. The summed E-state index contributed by atoms with van der Waals surface area (Å²) in [6.07, 6.45) is 0. The molecule has 9 heteroatoms. The number of ether oxygens (including phenoxy) is 1. The lowest BCUT2D eigenvalue weighted by Crippen LogP contribution is -2.38. The van der Waals surface area contributed by atoms with Gasteiger partial charge >= 0.3 is 16.4 Å². The van der Waals surface area contributed by atoms with Crippen LogP contribution in [0.2, 0.25) is 0 Å². The summed E-state index contributed by atoms with van der Waals surface area (Å²) in [4.78, 5) is 11.6. The first-order valence-corrected chi connectivity index (χ1v) is 7.25. The van der Waals surface area contributed by atoms with Gasteiger partial charge in [-0.25, -0.2) is 4.79 Å². The van der Waals surface area contributed by atoms with Gasteiger partial charge in [0, 0.05) is 0 Å². The molecule has 1 rings (SSSR count). The summed E-state index contributed by atoms with van der Waals surface area (Å²) in [6, 6.07) is 6.37. The van der Waals surface area contributed by atoms with Crippen molar-refractivity contribution in [3.63, 3.8) is 0 Å². The average molecular weight is 322 g/mol. The first-order chi connectivity index (χ1) is 9.40. The number of esters is 1. The first-order valence-electron chi connectivity index (χ1n) is 5.85. The van der Waals surface area contributed by atoms with Gasteiger partial charge in [-0.3, -0.25) is 9.11 Å². The number of benzene rings is 1. The molecule has 0 bridgehead atoms. The lowest BCUT2D eigenvalue weighted by molar-refractivity contribution is -0.870. The van der Waals surface area contributed by atoms with Gasteiger partial charge in [0.05, 0.1) is 21.1 Å². The molecule has 8 nitrogen and oxygen atoms in total. The van der Waals surface area contributed by atoms with E-state index in [0.717, 1.165) is 11.0 Å². The van der Waals surface area contributed by atoms with E-state index in [1.165, 1.54) is 6.07 Å². The Morgan fingerprint density at radius 1 is 1.19 bits per heavy atom. The van der Waals surface area contributed by atoms with Gasteiger partial charge in [-0.05, 0) is 12.1 Å². The monoisotopic (exact) mass is 322 g/mol. The van der Waals surface area contributed by atoms with Crippen LogP contribution in [0.5, 0.6) is 5.75 Å². The smallest absolute Gasteiger partial charge is 0.394 e. The Hall–Kier alpha value is -1.68. The van der Waals surface area contributed by atoms with Crippen molar-refractivity contribution in [3.05, 3.63) is 29.8 Å². The van der Waals surface area contributed by atoms with Crippen molar-refractivity contribution in [2.24, 2.45) is 0 Å². The molecule has 0 heterocycles. The topological polar surface area (TPSA) is 121 Å². The van der Waals surface area contributed by atoms with E-state index in [4.69, 9.17) is 22.3 Å². The maximum absolute atomic E-state index is 11.6. The van der Waals surface area contributed by atoms with Crippen LogP contribution in [0.25, 0.3) is 0 Å². The van der Waals surface area contributed by atoms with Crippen LogP contribution in [0.4, 0.5) is 0 Å². The number of carbonyl (C=O) groups is 1. The molecular weight excluding hydrogens is 302 g/mol. The molecule has 21 heavy (non-hydrogen) atoms. The Morgan fingerprint density at radius 3 is 2.10 bits per heavy atom. The molecule has 0 aliphatic carbocycles. The van der Waals surface area contributed by atoms with E-state index in [-0.39, 0.29) is 11.3 Å². The highest BCUT2D eigenvalue weighted by atomic mass is 32.3. The quantitative estimate of drug-likeness (QED) is 0.421. The molecule has 1 aromatic carbocycles. The Balaban J connectivity index is 0.000000690. The summed E-state index contributed by atoms with van der Waals surface area (Å²) in [5.41, 5.74) is 0.212. The summed E-state index contributed by atoms with van der Waals surface area (Å²) in [7, 11) is 1.40. The number of hydrogen-bond donors (Lipinski definition) is 3. The lowest BCUT2D eigenvalue weighted by Gasteiger charge is -2.23. The number of phenolic OH excluding ortho intramolecular Hbond substituents is 1. The van der Waals surface area contributed by atoms with E-state index >= 15 is 0 Å². The Labute approximate surface area is 123 Å². The first kappa shape index (κ1) is 19.3. The van der Waals surface area contributed by atoms with E-state index in [1.54, 1.807) is 18.2 Å². The fraction of sp³-hybridized carbons (Fsp3) is 0.417. The maximum atomic E-state index is 11.6. The number of para-hydroxylation sites is 1. The van der Waals surface area contributed by atoms with Gasteiger partial charge < -0.3 is 14.3 Å². The molecule has 0 unspecified atom stereocenters. The number of hydrogen-bond acceptors (Lipinski definition) is 5. The minimum absolute atomic E-state index is 0.0438. The highest BCUT2D eigenvalue weighted by Gasteiger charge is 2.13. The molecule has 0 aliphatic heterocycles. The minimum atomic E-state index is -4.67. The lowest BCUT2D eigenvalue weighted by atomic mass is 10.2. The second kappa shape index (κ2) is 7.93. The molecule has 0 fully saturated rings. The van der Waals surface area contributed by atoms with E-state index in [1.807, 2.05) is 21.1 Å². The molecule has 0 saturated carbocycles. The molecule has 3 N–H and O–H groups in total. The van der Waals surface area contributed by atoms with Crippen molar-refractivity contribution in [2.75, 3.05) is 34.3 Å². The standard InChI is InChI=1S/C12H17NO3.H2O4S/c1-13(2,3)8-9-16-12(15)10-6-4-5-7-11(10)14;1-5(2,3)4/h4-7H,8-9H2,1-3H3;(H2,1,2,3,4)/p+1. The zero-order chi connectivity index (χ0) is 16.7. The zero-order valence-electron chi connectivity index (χ0n) is 12.1. The van der Waals surface area contributed by atoms with Gasteiger partial charge in [0.2, 0.25) is 0 Å². The number of phenols is 1.